The molecule has 3 aromatic heterocycles. The van der Waals surface area contributed by atoms with E-state index in [4.69, 9.17) is 13.8 Å². The van der Waals surface area contributed by atoms with Crippen LogP contribution >= 0.6 is 0 Å². The highest BCUT2D eigenvalue weighted by Gasteiger charge is 2.33. The van der Waals surface area contributed by atoms with Crippen LogP contribution in [-0.2, 0) is 17.8 Å². The highest BCUT2D eigenvalue weighted by atomic mass is 16.5. The first-order valence-corrected chi connectivity index (χ1v) is 14.6. The van der Waals surface area contributed by atoms with Crippen molar-refractivity contribution >= 4 is 32.8 Å². The van der Waals surface area contributed by atoms with Crippen molar-refractivity contribution in [2.75, 3.05) is 0 Å². The van der Waals surface area contributed by atoms with Crippen LogP contribution in [0.4, 0.5) is 0 Å². The Morgan fingerprint density at radius 3 is 2.47 bits per heavy atom. The predicted molar refractivity (Wildman–Crippen MR) is 173 cm³/mol. The van der Waals surface area contributed by atoms with Crippen molar-refractivity contribution < 1.29 is 13.4 Å². The van der Waals surface area contributed by atoms with Crippen LogP contribution in [0.25, 0.3) is 44.3 Å². The zero-order valence-electron chi connectivity index (χ0n) is 27.9. The molecular weight excluding hydrogens is 528 g/mol. The van der Waals surface area contributed by atoms with E-state index in [1.165, 1.54) is 10.1 Å². The molecule has 5 heteroatoms. The number of rotatable bonds is 3. The molecule has 0 saturated heterocycles. The van der Waals surface area contributed by atoms with E-state index in [2.05, 4.69) is 106 Å². The quantitative estimate of drug-likeness (QED) is 0.159. The van der Waals surface area contributed by atoms with Gasteiger partial charge in [0.15, 0.2) is 0 Å². The number of aromatic nitrogens is 4. The molecule has 5 nitrogen and oxygen atoms in total. The van der Waals surface area contributed by atoms with E-state index in [9.17, 15) is 0 Å². The summed E-state index contributed by atoms with van der Waals surface area (Å²) in [7, 11) is 0. The number of aryl methyl sites for hydroxylation is 1. The van der Waals surface area contributed by atoms with Gasteiger partial charge in [-0.15, -0.1) is 0 Å². The summed E-state index contributed by atoms with van der Waals surface area (Å²) in [5.41, 5.74) is 7.40. The summed E-state index contributed by atoms with van der Waals surface area (Å²) in [6.45, 7) is 8.61. The van der Waals surface area contributed by atoms with Gasteiger partial charge >= 0.3 is 0 Å². The Labute approximate surface area is 255 Å². The lowest BCUT2D eigenvalue weighted by Gasteiger charge is -2.35. The maximum absolute atomic E-state index is 8.16. The molecule has 1 aliphatic heterocycles. The molecule has 0 radical (unpaired) electrons. The number of hydrogen-bond acceptors (Lipinski definition) is 2. The largest absolute Gasteiger partial charge is 0.458 e. The Bertz CT molecular complexity index is 2360. The molecule has 212 valence electrons. The molecule has 0 bridgehead atoms. The number of benzene rings is 4. The molecule has 0 saturated carbocycles. The van der Waals surface area contributed by atoms with Crippen LogP contribution in [-0.4, -0.2) is 14.1 Å². The van der Waals surface area contributed by atoms with Gasteiger partial charge in [-0.25, -0.2) is 4.98 Å². The first-order chi connectivity index (χ1) is 21.8. The number of para-hydroxylation sites is 2. The van der Waals surface area contributed by atoms with Gasteiger partial charge < -0.3 is 13.9 Å². The van der Waals surface area contributed by atoms with Crippen LogP contribution < -0.4 is 9.30 Å². The number of pyridine rings is 1. The minimum absolute atomic E-state index is 0.0161. The number of fused-ring (bicyclic) bond motifs is 5. The van der Waals surface area contributed by atoms with Crippen LogP contribution in [0.3, 0.4) is 0 Å². The minimum Gasteiger partial charge on any atom is -0.458 e. The van der Waals surface area contributed by atoms with E-state index in [1.54, 1.807) is 0 Å². The molecule has 0 N–H and O–H groups in total. The normalized spacial score (nSPS) is 15.3. The third-order valence-electron chi connectivity index (χ3n) is 8.96. The van der Waals surface area contributed by atoms with E-state index in [1.807, 2.05) is 41.1 Å². The van der Waals surface area contributed by atoms with Crippen molar-refractivity contribution in [1.29, 1.82) is 0 Å². The number of nitrogens with zero attached hydrogens (tertiary/aromatic N) is 4. The van der Waals surface area contributed by atoms with Crippen LogP contribution in [0.15, 0.2) is 97.2 Å². The van der Waals surface area contributed by atoms with Gasteiger partial charge in [-0.3, -0.25) is 4.57 Å². The smallest absolute Gasteiger partial charge is 0.244 e. The van der Waals surface area contributed by atoms with Crippen LogP contribution in [0.1, 0.15) is 55.4 Å². The van der Waals surface area contributed by atoms with Gasteiger partial charge in [0.05, 0.1) is 38.8 Å². The molecule has 0 amide bonds. The van der Waals surface area contributed by atoms with Gasteiger partial charge in [0, 0.05) is 28.5 Å². The van der Waals surface area contributed by atoms with Gasteiger partial charge in [0.2, 0.25) is 6.33 Å². The van der Waals surface area contributed by atoms with Crippen molar-refractivity contribution in [3.63, 3.8) is 0 Å². The fourth-order valence-electron chi connectivity index (χ4n) is 6.67. The third-order valence-corrected chi connectivity index (χ3v) is 8.96. The average Bonchev–Trinajstić information content (AvgIpc) is 3.57. The molecule has 1 aliphatic rings. The summed E-state index contributed by atoms with van der Waals surface area (Å²) in [4.78, 5) is 4.80. The molecule has 7 aromatic rings. The standard InChI is InChI=1S/C38H34N4O/c1-37(2,3)24-18-19-39-35(20-24)42-31-12-8-7-10-27(31)28-16-14-25(21-33(28)42)43-26-15-17-29-34(22-26)41-23-40(6)32-13-9-11-30(36(32)41)38(29,4)5/h7-22H,1-6H3/i6D3. The topological polar surface area (TPSA) is 35.9 Å². The van der Waals surface area contributed by atoms with Gasteiger partial charge in [-0.2, -0.15) is 0 Å². The Balaban J connectivity index is 1.27. The number of hydrogen-bond donors (Lipinski definition) is 0. The Morgan fingerprint density at radius 2 is 1.63 bits per heavy atom. The van der Waals surface area contributed by atoms with Crippen molar-refractivity contribution in [1.82, 2.24) is 14.1 Å². The second-order valence-corrected chi connectivity index (χ2v) is 13.0. The highest BCUT2D eigenvalue weighted by molar-refractivity contribution is 6.09. The van der Waals surface area contributed by atoms with Crippen LogP contribution in [0.2, 0.25) is 0 Å². The van der Waals surface area contributed by atoms with Gasteiger partial charge in [-0.1, -0.05) is 77.1 Å². The zero-order valence-corrected chi connectivity index (χ0v) is 24.9. The molecule has 8 rings (SSSR count). The zero-order chi connectivity index (χ0) is 32.2. The molecule has 43 heavy (non-hydrogen) atoms. The Kier molecular flexibility index (Phi) is 4.64. The maximum Gasteiger partial charge on any atom is 0.244 e. The second kappa shape index (κ2) is 8.81. The van der Waals surface area contributed by atoms with Crippen molar-refractivity contribution in [2.45, 2.75) is 45.4 Å². The average molecular weight is 566 g/mol. The summed E-state index contributed by atoms with van der Waals surface area (Å²) in [6.07, 6.45) is 5.02. The SMILES string of the molecule is [2H]C([2H])([2H])[n+]1[c-]n2c3c(cccc31)C(C)(C)c1ccc(Oc3ccc4c5ccccc5n(-c5cc(C(C)(C)C)ccn5)c4c3)cc1-2. The van der Waals surface area contributed by atoms with Crippen molar-refractivity contribution in [2.24, 2.45) is 6.98 Å². The molecular formula is C38H34N4O. The summed E-state index contributed by atoms with van der Waals surface area (Å²) in [5.74, 6) is 2.21. The number of imidazole rings is 1. The molecule has 0 fully saturated rings. The fraction of sp³-hybridized carbons (Fsp3) is 0.211. The Morgan fingerprint density at radius 1 is 0.837 bits per heavy atom. The first kappa shape index (κ1) is 22.7. The molecule has 4 aromatic carbocycles. The van der Waals surface area contributed by atoms with Crippen LogP contribution in [0, 0.1) is 6.33 Å². The summed E-state index contributed by atoms with van der Waals surface area (Å²) < 4.78 is 36.4. The van der Waals surface area contributed by atoms with Crippen molar-refractivity contribution in [3.05, 3.63) is 120 Å². The third kappa shape index (κ3) is 3.77. The Hall–Kier alpha value is -4.90. The van der Waals surface area contributed by atoms with E-state index < -0.39 is 6.98 Å². The first-order valence-electron chi connectivity index (χ1n) is 16.1. The summed E-state index contributed by atoms with van der Waals surface area (Å²) in [6, 6.07) is 30.7. The molecule has 0 aliphatic carbocycles. The number of ether oxygens (including phenoxy) is 1. The molecule has 4 heterocycles. The lowest BCUT2D eigenvalue weighted by Crippen LogP contribution is -2.26. The molecule has 0 atom stereocenters. The van der Waals surface area contributed by atoms with E-state index >= 15 is 0 Å². The van der Waals surface area contributed by atoms with Crippen LogP contribution in [0.5, 0.6) is 11.5 Å². The maximum atomic E-state index is 8.16. The van der Waals surface area contributed by atoms with E-state index in [-0.39, 0.29) is 10.8 Å². The second-order valence-electron chi connectivity index (χ2n) is 13.0. The van der Waals surface area contributed by atoms with Gasteiger partial charge in [-0.05, 0) is 64.6 Å². The molecule has 0 unspecified atom stereocenters. The lowest BCUT2D eigenvalue weighted by molar-refractivity contribution is -0.649. The van der Waals surface area contributed by atoms with Gasteiger partial charge in [0.25, 0.3) is 0 Å². The van der Waals surface area contributed by atoms with E-state index in [0.717, 1.165) is 50.0 Å². The highest BCUT2D eigenvalue weighted by Crippen LogP contribution is 2.45. The minimum atomic E-state index is -2.36. The summed E-state index contributed by atoms with van der Waals surface area (Å²) in [5, 5.41) is 2.27. The van der Waals surface area contributed by atoms with E-state index in [0.29, 0.717) is 17.0 Å². The lowest BCUT2D eigenvalue weighted by atomic mass is 9.75. The summed E-state index contributed by atoms with van der Waals surface area (Å²) >= 11 is 0. The van der Waals surface area contributed by atoms with Gasteiger partial charge in [0.1, 0.15) is 17.3 Å². The fourth-order valence-corrected chi connectivity index (χ4v) is 6.67. The molecule has 0 spiro atoms. The van der Waals surface area contributed by atoms with Crippen molar-refractivity contribution in [3.8, 4) is 23.0 Å². The monoisotopic (exact) mass is 565 g/mol. The predicted octanol–water partition coefficient (Wildman–Crippen LogP) is 8.48.